The van der Waals surface area contributed by atoms with Gasteiger partial charge in [-0.3, -0.25) is 4.79 Å². The van der Waals surface area contributed by atoms with E-state index < -0.39 is 27.8 Å². The number of rotatable bonds is 7. The predicted octanol–water partition coefficient (Wildman–Crippen LogP) is 4.28. The summed E-state index contributed by atoms with van der Waals surface area (Å²) in [6.07, 6.45) is 0. The number of carbonyl (C=O) groups is 1. The van der Waals surface area contributed by atoms with Gasteiger partial charge in [0.2, 0.25) is 15.9 Å². The Morgan fingerprint density at radius 2 is 1.55 bits per heavy atom. The van der Waals surface area contributed by atoms with Crippen LogP contribution in [0.2, 0.25) is 0 Å². The second kappa shape index (κ2) is 9.21. The Balaban J connectivity index is 1.71. The third-order valence-corrected chi connectivity index (χ3v) is 6.61. The van der Waals surface area contributed by atoms with E-state index in [1.807, 2.05) is 42.5 Å². The Labute approximate surface area is 173 Å². The van der Waals surface area contributed by atoms with Crippen molar-refractivity contribution in [2.75, 3.05) is 5.32 Å². The molecular weight excluding hydrogens is 411 g/mol. The third kappa shape index (κ3) is 5.66. The first-order valence-electron chi connectivity index (χ1n) is 8.76. The number of hydrogen-bond acceptors (Lipinski definition) is 4. The van der Waals surface area contributed by atoms with Crippen LogP contribution in [0.3, 0.4) is 0 Å². The minimum absolute atomic E-state index is 0.112. The van der Waals surface area contributed by atoms with E-state index >= 15 is 0 Å². The second-order valence-corrected chi connectivity index (χ2v) is 9.03. The molecule has 8 heteroatoms. The molecule has 0 bridgehead atoms. The molecule has 0 saturated carbocycles. The maximum atomic E-state index is 13.0. The molecule has 0 spiro atoms. The molecule has 0 aromatic heterocycles. The van der Waals surface area contributed by atoms with Crippen LogP contribution in [-0.4, -0.2) is 20.4 Å². The largest absolute Gasteiger partial charge is 0.324 e. The van der Waals surface area contributed by atoms with Gasteiger partial charge in [0.15, 0.2) is 0 Å². The van der Waals surface area contributed by atoms with Gasteiger partial charge in [0.1, 0.15) is 5.82 Å². The minimum Gasteiger partial charge on any atom is -0.324 e. The number of anilines is 1. The molecular formula is C21H19FN2O3S2. The molecule has 3 rings (SSSR count). The van der Waals surface area contributed by atoms with Crippen LogP contribution in [-0.2, 0) is 14.8 Å². The van der Waals surface area contributed by atoms with Gasteiger partial charge in [0, 0.05) is 9.79 Å². The summed E-state index contributed by atoms with van der Waals surface area (Å²) in [4.78, 5) is 14.3. The average Bonchev–Trinajstić information content (AvgIpc) is 2.70. The van der Waals surface area contributed by atoms with Crippen LogP contribution in [0, 0.1) is 5.82 Å². The lowest BCUT2D eigenvalue weighted by Gasteiger charge is -2.16. The van der Waals surface area contributed by atoms with Crippen molar-refractivity contribution < 1.29 is 17.6 Å². The highest BCUT2D eigenvalue weighted by molar-refractivity contribution is 7.99. The Kier molecular flexibility index (Phi) is 6.68. The molecule has 0 fully saturated rings. The Hall–Kier alpha value is -2.68. The number of halogens is 1. The molecule has 0 saturated heterocycles. The van der Waals surface area contributed by atoms with Gasteiger partial charge in [-0.25, -0.2) is 12.8 Å². The predicted molar refractivity (Wildman–Crippen MR) is 112 cm³/mol. The van der Waals surface area contributed by atoms with E-state index in [4.69, 9.17) is 0 Å². The van der Waals surface area contributed by atoms with Crippen molar-refractivity contribution >= 4 is 33.4 Å². The third-order valence-electron chi connectivity index (χ3n) is 3.97. The molecule has 0 aliphatic rings. The first-order chi connectivity index (χ1) is 13.8. The topological polar surface area (TPSA) is 75.3 Å². The van der Waals surface area contributed by atoms with E-state index in [9.17, 15) is 17.6 Å². The highest BCUT2D eigenvalue weighted by Gasteiger charge is 2.22. The number of hydrogen-bond donors (Lipinski definition) is 2. The van der Waals surface area contributed by atoms with Crippen molar-refractivity contribution in [2.24, 2.45) is 0 Å². The molecule has 1 atom stereocenters. The van der Waals surface area contributed by atoms with E-state index in [1.165, 1.54) is 18.7 Å². The summed E-state index contributed by atoms with van der Waals surface area (Å²) in [6, 6.07) is 20.4. The van der Waals surface area contributed by atoms with Gasteiger partial charge < -0.3 is 5.32 Å². The van der Waals surface area contributed by atoms with Gasteiger partial charge in [-0.1, -0.05) is 42.1 Å². The lowest BCUT2D eigenvalue weighted by molar-refractivity contribution is -0.117. The SMILES string of the molecule is C[C@H](NS(=O)(=O)c1ccc(F)cc1)C(=O)Nc1ccccc1Sc1ccccc1. The quantitative estimate of drug-likeness (QED) is 0.587. The van der Waals surface area contributed by atoms with Gasteiger partial charge in [0.25, 0.3) is 0 Å². The zero-order chi connectivity index (χ0) is 20.9. The summed E-state index contributed by atoms with van der Waals surface area (Å²) >= 11 is 1.49. The van der Waals surface area contributed by atoms with Crippen LogP contribution in [0.5, 0.6) is 0 Å². The number of nitrogens with one attached hydrogen (secondary N) is 2. The molecule has 0 aliphatic carbocycles. The van der Waals surface area contributed by atoms with Crippen LogP contribution >= 0.6 is 11.8 Å². The summed E-state index contributed by atoms with van der Waals surface area (Å²) in [5.74, 6) is -1.04. The van der Waals surface area contributed by atoms with Gasteiger partial charge in [-0.15, -0.1) is 0 Å². The van der Waals surface area contributed by atoms with E-state index in [0.29, 0.717) is 5.69 Å². The first-order valence-corrected chi connectivity index (χ1v) is 11.1. The second-order valence-electron chi connectivity index (χ2n) is 6.20. The zero-order valence-electron chi connectivity index (χ0n) is 15.5. The van der Waals surface area contributed by atoms with Crippen molar-refractivity contribution in [3.8, 4) is 0 Å². The van der Waals surface area contributed by atoms with Gasteiger partial charge in [-0.05, 0) is 55.5 Å². The molecule has 0 radical (unpaired) electrons. The molecule has 3 aromatic rings. The molecule has 0 heterocycles. The number of benzene rings is 3. The van der Waals surface area contributed by atoms with Crippen molar-refractivity contribution in [3.63, 3.8) is 0 Å². The highest BCUT2D eigenvalue weighted by Crippen LogP contribution is 2.33. The van der Waals surface area contributed by atoms with E-state index in [2.05, 4.69) is 10.0 Å². The van der Waals surface area contributed by atoms with Crippen molar-refractivity contribution in [1.82, 2.24) is 4.72 Å². The Morgan fingerprint density at radius 1 is 0.931 bits per heavy atom. The molecule has 29 heavy (non-hydrogen) atoms. The van der Waals surface area contributed by atoms with E-state index in [1.54, 1.807) is 12.1 Å². The standard InChI is InChI=1S/C21H19FN2O3S2/c1-15(24-29(26,27)18-13-11-16(22)12-14-18)21(25)23-19-9-5-6-10-20(19)28-17-7-3-2-4-8-17/h2-15,24H,1H3,(H,23,25)/t15-/m0/s1. The van der Waals surface area contributed by atoms with Crippen molar-refractivity contribution in [1.29, 1.82) is 0 Å². The first kappa shape index (κ1) is 21.0. The average molecular weight is 431 g/mol. The molecule has 150 valence electrons. The highest BCUT2D eigenvalue weighted by atomic mass is 32.2. The molecule has 0 aliphatic heterocycles. The monoisotopic (exact) mass is 430 g/mol. The lowest BCUT2D eigenvalue weighted by Crippen LogP contribution is -2.41. The van der Waals surface area contributed by atoms with Gasteiger partial charge >= 0.3 is 0 Å². The van der Waals surface area contributed by atoms with Crippen molar-refractivity contribution in [2.45, 2.75) is 27.7 Å². The smallest absolute Gasteiger partial charge is 0.242 e. The maximum Gasteiger partial charge on any atom is 0.242 e. The summed E-state index contributed by atoms with van der Waals surface area (Å²) in [5, 5.41) is 2.77. The van der Waals surface area contributed by atoms with Gasteiger partial charge in [0.05, 0.1) is 16.6 Å². The maximum absolute atomic E-state index is 13.0. The zero-order valence-corrected chi connectivity index (χ0v) is 17.1. The van der Waals surface area contributed by atoms with Crippen LogP contribution in [0.15, 0.2) is 93.5 Å². The Morgan fingerprint density at radius 3 is 2.24 bits per heavy atom. The molecule has 0 unspecified atom stereocenters. The van der Waals surface area contributed by atoms with E-state index in [-0.39, 0.29) is 4.90 Å². The molecule has 5 nitrogen and oxygen atoms in total. The fourth-order valence-corrected chi connectivity index (χ4v) is 4.61. The number of carbonyl (C=O) groups excluding carboxylic acids is 1. The molecule has 1 amide bonds. The van der Waals surface area contributed by atoms with Crippen LogP contribution in [0.1, 0.15) is 6.92 Å². The summed E-state index contributed by atoms with van der Waals surface area (Å²) in [5.41, 5.74) is 0.583. The molecule has 2 N–H and O–H groups in total. The fraction of sp³-hybridized carbons (Fsp3) is 0.0952. The summed E-state index contributed by atoms with van der Waals surface area (Å²) in [6.45, 7) is 1.45. The lowest BCUT2D eigenvalue weighted by atomic mass is 10.3. The van der Waals surface area contributed by atoms with Crippen LogP contribution < -0.4 is 10.0 Å². The number of amides is 1. The summed E-state index contributed by atoms with van der Waals surface area (Å²) < 4.78 is 40.1. The number of sulfonamides is 1. The summed E-state index contributed by atoms with van der Waals surface area (Å²) in [7, 11) is -3.95. The van der Waals surface area contributed by atoms with E-state index in [0.717, 1.165) is 34.1 Å². The normalized spacial score (nSPS) is 12.3. The van der Waals surface area contributed by atoms with Crippen molar-refractivity contribution in [3.05, 3.63) is 84.7 Å². The fourth-order valence-electron chi connectivity index (χ4n) is 2.48. The molecule has 3 aromatic carbocycles. The number of para-hydroxylation sites is 1. The Bertz CT molecular complexity index is 1090. The van der Waals surface area contributed by atoms with Crippen LogP contribution in [0.4, 0.5) is 10.1 Å². The van der Waals surface area contributed by atoms with Crippen LogP contribution in [0.25, 0.3) is 0 Å². The van der Waals surface area contributed by atoms with Gasteiger partial charge in [-0.2, -0.15) is 4.72 Å². The minimum atomic E-state index is -3.95.